The number of amides is 2. The maximum Gasteiger partial charge on any atom is 0.226 e. The van der Waals surface area contributed by atoms with E-state index < -0.39 is 0 Å². The molecule has 0 saturated heterocycles. The van der Waals surface area contributed by atoms with Gasteiger partial charge in [-0.1, -0.05) is 33.6 Å². The van der Waals surface area contributed by atoms with Crippen LogP contribution in [0, 0.1) is 11.3 Å². The van der Waals surface area contributed by atoms with Crippen molar-refractivity contribution in [2.75, 3.05) is 0 Å². The Morgan fingerprint density at radius 1 is 1.12 bits per heavy atom. The first kappa shape index (κ1) is 18.9. The van der Waals surface area contributed by atoms with E-state index in [1.807, 2.05) is 0 Å². The molecular formula is C19H31N5O2. The van der Waals surface area contributed by atoms with Gasteiger partial charge >= 0.3 is 0 Å². The summed E-state index contributed by atoms with van der Waals surface area (Å²) < 4.78 is 0. The molecule has 7 nitrogen and oxygen atoms in total. The van der Waals surface area contributed by atoms with E-state index in [2.05, 4.69) is 46.8 Å². The Balaban J connectivity index is 1.47. The number of carbonyl (C=O) groups excluding carboxylic acids is 2. The number of aromatic nitrogens is 3. The van der Waals surface area contributed by atoms with E-state index in [0.29, 0.717) is 6.42 Å². The highest BCUT2D eigenvalue weighted by Crippen LogP contribution is 2.32. The SMILES string of the molecule is CCCC(C)(CCC)C(=O)N[C@@H]1C[C@H]1NC(=O)C1CCc2n[nH]nc2C1. The fourth-order valence-electron chi connectivity index (χ4n) is 4.12. The molecule has 0 spiro atoms. The minimum absolute atomic E-state index is 0.0463. The molecule has 3 atom stereocenters. The van der Waals surface area contributed by atoms with Crippen molar-refractivity contribution in [1.82, 2.24) is 26.0 Å². The molecule has 3 rings (SSSR count). The molecule has 2 aliphatic rings. The fourth-order valence-corrected chi connectivity index (χ4v) is 4.12. The molecule has 2 aliphatic carbocycles. The van der Waals surface area contributed by atoms with Gasteiger partial charge < -0.3 is 10.6 Å². The minimum Gasteiger partial charge on any atom is -0.351 e. The zero-order valence-corrected chi connectivity index (χ0v) is 16.1. The maximum atomic E-state index is 12.7. The van der Waals surface area contributed by atoms with Crippen molar-refractivity contribution in [1.29, 1.82) is 0 Å². The summed E-state index contributed by atoms with van der Waals surface area (Å²) in [6.45, 7) is 6.29. The van der Waals surface area contributed by atoms with E-state index in [-0.39, 0.29) is 35.2 Å². The quantitative estimate of drug-likeness (QED) is 0.658. The normalized spacial score (nSPS) is 24.7. The second-order valence-corrected chi connectivity index (χ2v) is 8.15. The minimum atomic E-state index is -0.298. The van der Waals surface area contributed by atoms with Gasteiger partial charge in [0.25, 0.3) is 0 Å². The molecule has 1 aromatic heterocycles. The summed E-state index contributed by atoms with van der Waals surface area (Å²) >= 11 is 0. The van der Waals surface area contributed by atoms with Crippen molar-refractivity contribution in [3.63, 3.8) is 0 Å². The van der Waals surface area contributed by atoms with Crippen LogP contribution < -0.4 is 10.6 Å². The van der Waals surface area contributed by atoms with Gasteiger partial charge in [0.15, 0.2) is 0 Å². The lowest BCUT2D eigenvalue weighted by molar-refractivity contribution is -0.131. The first-order valence-corrected chi connectivity index (χ1v) is 9.96. The van der Waals surface area contributed by atoms with Gasteiger partial charge in [-0.2, -0.15) is 15.4 Å². The van der Waals surface area contributed by atoms with Gasteiger partial charge in [-0.25, -0.2) is 0 Å². The van der Waals surface area contributed by atoms with E-state index in [1.54, 1.807) is 0 Å². The molecule has 2 amide bonds. The second kappa shape index (κ2) is 7.76. The number of H-pyrrole nitrogens is 1. The predicted octanol–water partition coefficient (Wildman–Crippen LogP) is 1.89. The molecule has 1 aromatic rings. The van der Waals surface area contributed by atoms with Crippen molar-refractivity contribution in [3.8, 4) is 0 Å². The van der Waals surface area contributed by atoms with Crippen LogP contribution in [0.15, 0.2) is 0 Å². The smallest absolute Gasteiger partial charge is 0.226 e. The highest BCUT2D eigenvalue weighted by molar-refractivity contribution is 5.83. The van der Waals surface area contributed by atoms with Gasteiger partial charge in [0.1, 0.15) is 0 Å². The molecule has 1 fully saturated rings. The van der Waals surface area contributed by atoms with Crippen LogP contribution in [0.3, 0.4) is 0 Å². The number of nitrogens with zero attached hydrogens (tertiary/aromatic N) is 2. The van der Waals surface area contributed by atoms with Crippen LogP contribution >= 0.6 is 0 Å². The summed E-state index contributed by atoms with van der Waals surface area (Å²) in [6.07, 6.45) is 6.87. The fraction of sp³-hybridized carbons (Fsp3) is 0.789. The van der Waals surface area contributed by atoms with Crippen LogP contribution in [0.5, 0.6) is 0 Å². The molecule has 0 aliphatic heterocycles. The monoisotopic (exact) mass is 361 g/mol. The summed E-state index contributed by atoms with van der Waals surface area (Å²) in [5.74, 6) is 0.160. The van der Waals surface area contributed by atoms with Gasteiger partial charge in [-0.15, -0.1) is 0 Å². The van der Waals surface area contributed by atoms with Crippen LogP contribution in [-0.2, 0) is 22.4 Å². The zero-order chi connectivity index (χ0) is 18.7. The number of fused-ring (bicyclic) bond motifs is 1. The van der Waals surface area contributed by atoms with E-state index in [1.165, 1.54) is 0 Å². The number of nitrogens with one attached hydrogen (secondary N) is 3. The topological polar surface area (TPSA) is 99.8 Å². The zero-order valence-electron chi connectivity index (χ0n) is 16.1. The third-order valence-corrected chi connectivity index (χ3v) is 5.83. The van der Waals surface area contributed by atoms with Gasteiger partial charge in [0.05, 0.1) is 23.5 Å². The third-order valence-electron chi connectivity index (χ3n) is 5.83. The second-order valence-electron chi connectivity index (χ2n) is 8.15. The van der Waals surface area contributed by atoms with Crippen molar-refractivity contribution in [2.24, 2.45) is 11.3 Å². The predicted molar refractivity (Wildman–Crippen MR) is 98.3 cm³/mol. The molecule has 0 radical (unpaired) electrons. The van der Waals surface area contributed by atoms with E-state index in [9.17, 15) is 9.59 Å². The molecule has 0 bridgehead atoms. The summed E-state index contributed by atoms with van der Waals surface area (Å²) in [6, 6.07) is 0.142. The highest BCUT2D eigenvalue weighted by atomic mass is 16.2. The van der Waals surface area contributed by atoms with Gasteiger partial charge in [0.2, 0.25) is 11.8 Å². The lowest BCUT2D eigenvalue weighted by atomic mass is 9.80. The summed E-state index contributed by atoms with van der Waals surface area (Å²) in [7, 11) is 0. The number of aromatic amines is 1. The van der Waals surface area contributed by atoms with E-state index >= 15 is 0 Å². The lowest BCUT2D eigenvalue weighted by Crippen LogP contribution is -2.43. The Kier molecular flexibility index (Phi) is 5.63. The molecule has 3 N–H and O–H groups in total. The molecule has 26 heavy (non-hydrogen) atoms. The Labute approximate surface area is 155 Å². The van der Waals surface area contributed by atoms with E-state index in [4.69, 9.17) is 0 Å². The Hall–Kier alpha value is -1.92. The average Bonchev–Trinajstić information content (AvgIpc) is 3.15. The summed E-state index contributed by atoms with van der Waals surface area (Å²) in [5.41, 5.74) is 1.59. The van der Waals surface area contributed by atoms with Gasteiger partial charge in [-0.3, -0.25) is 9.59 Å². The molecule has 1 unspecified atom stereocenters. The Bertz CT molecular complexity index is 650. The molecule has 0 aromatic carbocycles. The van der Waals surface area contributed by atoms with Crippen molar-refractivity contribution < 1.29 is 9.59 Å². The summed E-state index contributed by atoms with van der Waals surface area (Å²) in [5, 5.41) is 17.1. The Morgan fingerprint density at radius 3 is 2.46 bits per heavy atom. The number of rotatable bonds is 8. The number of carbonyl (C=O) groups is 2. The first-order chi connectivity index (χ1) is 12.5. The maximum absolute atomic E-state index is 12.7. The molecule has 1 heterocycles. The van der Waals surface area contributed by atoms with Crippen LogP contribution in [0.25, 0.3) is 0 Å². The largest absolute Gasteiger partial charge is 0.351 e. The third kappa shape index (κ3) is 4.07. The highest BCUT2D eigenvalue weighted by Gasteiger charge is 2.43. The molecular weight excluding hydrogens is 330 g/mol. The van der Waals surface area contributed by atoms with Crippen molar-refractivity contribution in [3.05, 3.63) is 11.4 Å². The van der Waals surface area contributed by atoms with Crippen molar-refractivity contribution >= 4 is 11.8 Å². The average molecular weight is 361 g/mol. The summed E-state index contributed by atoms with van der Waals surface area (Å²) in [4.78, 5) is 25.2. The molecule has 1 saturated carbocycles. The lowest BCUT2D eigenvalue weighted by Gasteiger charge is -2.27. The van der Waals surface area contributed by atoms with Gasteiger partial charge in [-0.05, 0) is 32.1 Å². The van der Waals surface area contributed by atoms with Gasteiger partial charge in [0, 0.05) is 17.8 Å². The standard InChI is InChI=1S/C19H31N5O2/c1-4-8-19(3,9-5-2)18(26)21-15-11-14(15)20-17(25)12-6-7-13-16(10-12)23-24-22-13/h12,14-15H,4-11H2,1-3H3,(H,20,25)(H,21,26)(H,22,23,24)/t12?,14-,15-/m1/s1. The van der Waals surface area contributed by atoms with Crippen LogP contribution in [-0.4, -0.2) is 39.3 Å². The van der Waals surface area contributed by atoms with E-state index in [0.717, 1.165) is 56.3 Å². The molecule has 7 heteroatoms. The van der Waals surface area contributed by atoms with Crippen LogP contribution in [0.1, 0.15) is 70.7 Å². The Morgan fingerprint density at radius 2 is 1.77 bits per heavy atom. The van der Waals surface area contributed by atoms with Crippen molar-refractivity contribution in [2.45, 2.75) is 84.2 Å². The van der Waals surface area contributed by atoms with Crippen LogP contribution in [0.4, 0.5) is 0 Å². The number of aryl methyl sites for hydroxylation is 1. The molecule has 144 valence electrons. The number of hydrogen-bond acceptors (Lipinski definition) is 4. The number of hydrogen-bond donors (Lipinski definition) is 3. The van der Waals surface area contributed by atoms with Crippen LogP contribution in [0.2, 0.25) is 0 Å². The first-order valence-electron chi connectivity index (χ1n) is 9.96.